The maximum atomic E-state index is 5.46. The molecule has 2 N–H and O–H groups in total. The Kier molecular flexibility index (Phi) is 5.52. The minimum atomic E-state index is 0.589. The third-order valence-electron chi connectivity index (χ3n) is 2.58. The van der Waals surface area contributed by atoms with Crippen molar-refractivity contribution in [3.63, 3.8) is 0 Å². The fourth-order valence-corrected chi connectivity index (χ4v) is 1.16. The highest BCUT2D eigenvalue weighted by Gasteiger charge is 2.11. The van der Waals surface area contributed by atoms with E-state index in [1.807, 2.05) is 0 Å². The molecule has 0 aliphatic heterocycles. The first-order chi connectivity index (χ1) is 5.63. The predicted molar refractivity (Wildman–Crippen MR) is 55.7 cm³/mol. The largest absolute Gasteiger partial charge is 0.405 e. The number of nitrogens with two attached hydrogens (primary N) is 1. The van der Waals surface area contributed by atoms with Gasteiger partial charge in [0, 0.05) is 0 Å². The minimum absolute atomic E-state index is 0.589. The van der Waals surface area contributed by atoms with Gasteiger partial charge in [-0.15, -0.1) is 0 Å². The smallest absolute Gasteiger partial charge is 0.00705 e. The van der Waals surface area contributed by atoms with E-state index in [1.165, 1.54) is 5.57 Å². The second kappa shape index (κ2) is 5.87. The molecular weight excluding hydrogens is 146 g/mol. The van der Waals surface area contributed by atoms with E-state index >= 15 is 0 Å². The average Bonchev–Trinajstić information content (AvgIpc) is 2.11. The molecule has 1 heteroatoms. The molecule has 0 aromatic carbocycles. The lowest BCUT2D eigenvalue weighted by Crippen LogP contribution is -2.09. The molecule has 0 aromatic heterocycles. The highest BCUT2D eigenvalue weighted by atomic mass is 14.5. The van der Waals surface area contributed by atoms with Crippen LogP contribution in [0.3, 0.4) is 0 Å². The van der Waals surface area contributed by atoms with E-state index in [4.69, 9.17) is 5.73 Å². The van der Waals surface area contributed by atoms with Gasteiger partial charge in [0.1, 0.15) is 0 Å². The van der Waals surface area contributed by atoms with Crippen LogP contribution in [0.5, 0.6) is 0 Å². The van der Waals surface area contributed by atoms with Crippen molar-refractivity contribution in [1.82, 2.24) is 0 Å². The summed E-state index contributed by atoms with van der Waals surface area (Å²) in [6.45, 7) is 8.64. The summed E-state index contributed by atoms with van der Waals surface area (Å²) in [5.74, 6) is 1.27. The Morgan fingerprint density at radius 2 is 2.00 bits per heavy atom. The van der Waals surface area contributed by atoms with Crippen LogP contribution >= 0.6 is 0 Å². The van der Waals surface area contributed by atoms with Gasteiger partial charge in [-0.1, -0.05) is 31.6 Å². The molecule has 0 aromatic rings. The quantitative estimate of drug-likeness (QED) is 0.640. The first-order valence-electron chi connectivity index (χ1n) is 4.63. The van der Waals surface area contributed by atoms with Crippen LogP contribution in [-0.2, 0) is 0 Å². The molecule has 0 heterocycles. The Hall–Kier alpha value is -0.720. The molecule has 0 spiro atoms. The van der Waals surface area contributed by atoms with Crippen molar-refractivity contribution in [3.8, 4) is 0 Å². The van der Waals surface area contributed by atoms with Gasteiger partial charge in [0.15, 0.2) is 0 Å². The normalized spacial score (nSPS) is 18.2. The Bertz CT molecular complexity index is 168. The van der Waals surface area contributed by atoms with E-state index in [0.717, 1.165) is 6.42 Å². The molecule has 0 rings (SSSR count). The minimum Gasteiger partial charge on any atom is -0.405 e. The molecule has 2 unspecified atom stereocenters. The fourth-order valence-electron chi connectivity index (χ4n) is 1.16. The lowest BCUT2D eigenvalue weighted by Gasteiger charge is -2.18. The summed E-state index contributed by atoms with van der Waals surface area (Å²) in [4.78, 5) is 0. The molecular formula is C11H21N. The van der Waals surface area contributed by atoms with Crippen LogP contribution < -0.4 is 5.73 Å². The molecule has 0 saturated heterocycles. The van der Waals surface area contributed by atoms with Crippen LogP contribution in [0.15, 0.2) is 23.9 Å². The van der Waals surface area contributed by atoms with Crippen molar-refractivity contribution >= 4 is 0 Å². The van der Waals surface area contributed by atoms with Crippen molar-refractivity contribution in [2.75, 3.05) is 0 Å². The van der Waals surface area contributed by atoms with Gasteiger partial charge < -0.3 is 5.73 Å². The Labute approximate surface area is 76.3 Å². The van der Waals surface area contributed by atoms with Gasteiger partial charge in [-0.05, 0) is 38.3 Å². The zero-order valence-electron chi connectivity index (χ0n) is 8.67. The van der Waals surface area contributed by atoms with Crippen LogP contribution in [0, 0.1) is 11.8 Å². The Morgan fingerprint density at radius 3 is 2.42 bits per heavy atom. The average molecular weight is 167 g/mol. The Morgan fingerprint density at radius 1 is 1.42 bits per heavy atom. The Balaban J connectivity index is 4.00. The van der Waals surface area contributed by atoms with Crippen molar-refractivity contribution in [2.45, 2.75) is 34.1 Å². The van der Waals surface area contributed by atoms with Crippen LogP contribution in [-0.4, -0.2) is 0 Å². The lowest BCUT2D eigenvalue weighted by molar-refractivity contribution is 0.444. The SMILES string of the molecule is C/C=C\CC(C)C(C)/C(C)=C\N. The van der Waals surface area contributed by atoms with Gasteiger partial charge in [-0.25, -0.2) is 0 Å². The second-order valence-electron chi connectivity index (χ2n) is 3.48. The van der Waals surface area contributed by atoms with Crippen molar-refractivity contribution in [2.24, 2.45) is 17.6 Å². The summed E-state index contributed by atoms with van der Waals surface area (Å²) in [6, 6.07) is 0. The molecule has 0 saturated carbocycles. The van der Waals surface area contributed by atoms with Gasteiger partial charge >= 0.3 is 0 Å². The number of rotatable bonds is 4. The second-order valence-corrected chi connectivity index (χ2v) is 3.48. The summed E-state index contributed by atoms with van der Waals surface area (Å²) in [6.07, 6.45) is 7.18. The van der Waals surface area contributed by atoms with E-state index in [9.17, 15) is 0 Å². The summed E-state index contributed by atoms with van der Waals surface area (Å²) in [5, 5.41) is 0. The van der Waals surface area contributed by atoms with E-state index in [2.05, 4.69) is 39.8 Å². The third-order valence-corrected chi connectivity index (χ3v) is 2.58. The topological polar surface area (TPSA) is 26.0 Å². The molecule has 0 aliphatic rings. The summed E-state index contributed by atoms with van der Waals surface area (Å²) in [7, 11) is 0. The first kappa shape index (κ1) is 11.3. The summed E-state index contributed by atoms with van der Waals surface area (Å²) < 4.78 is 0. The zero-order chi connectivity index (χ0) is 9.56. The molecule has 0 fully saturated rings. The van der Waals surface area contributed by atoms with E-state index in [-0.39, 0.29) is 0 Å². The summed E-state index contributed by atoms with van der Waals surface area (Å²) >= 11 is 0. The predicted octanol–water partition coefficient (Wildman–Crippen LogP) is 3.09. The van der Waals surface area contributed by atoms with Crippen molar-refractivity contribution in [1.29, 1.82) is 0 Å². The van der Waals surface area contributed by atoms with E-state index in [0.29, 0.717) is 11.8 Å². The van der Waals surface area contributed by atoms with Gasteiger partial charge in [-0.3, -0.25) is 0 Å². The van der Waals surface area contributed by atoms with Gasteiger partial charge in [0.05, 0.1) is 0 Å². The molecule has 2 atom stereocenters. The zero-order valence-corrected chi connectivity index (χ0v) is 8.67. The third kappa shape index (κ3) is 3.61. The molecule has 0 radical (unpaired) electrons. The maximum absolute atomic E-state index is 5.46. The van der Waals surface area contributed by atoms with Crippen molar-refractivity contribution in [3.05, 3.63) is 23.9 Å². The van der Waals surface area contributed by atoms with Gasteiger partial charge in [-0.2, -0.15) is 0 Å². The molecule has 0 bridgehead atoms. The lowest BCUT2D eigenvalue weighted by atomic mass is 9.87. The van der Waals surface area contributed by atoms with Crippen molar-refractivity contribution < 1.29 is 0 Å². The summed E-state index contributed by atoms with van der Waals surface area (Å²) in [5.41, 5.74) is 6.74. The van der Waals surface area contributed by atoms with Crippen LogP contribution in [0.25, 0.3) is 0 Å². The molecule has 1 nitrogen and oxygen atoms in total. The standard InChI is InChI=1S/C11H21N/c1-5-6-7-9(2)11(4)10(3)8-12/h5-6,8-9,11H,7,12H2,1-4H3/b6-5-,10-8-. The molecule has 70 valence electrons. The highest BCUT2D eigenvalue weighted by Crippen LogP contribution is 2.22. The fraction of sp³-hybridized carbons (Fsp3) is 0.636. The number of allylic oxidation sites excluding steroid dienone is 3. The van der Waals surface area contributed by atoms with Gasteiger partial charge in [0.25, 0.3) is 0 Å². The maximum Gasteiger partial charge on any atom is -0.00705 e. The van der Waals surface area contributed by atoms with Gasteiger partial charge in [0.2, 0.25) is 0 Å². The monoisotopic (exact) mass is 167 g/mol. The highest BCUT2D eigenvalue weighted by molar-refractivity contribution is 5.01. The molecule has 12 heavy (non-hydrogen) atoms. The molecule has 0 aliphatic carbocycles. The van der Waals surface area contributed by atoms with Crippen LogP contribution in [0.1, 0.15) is 34.1 Å². The van der Waals surface area contributed by atoms with Crippen LogP contribution in [0.2, 0.25) is 0 Å². The van der Waals surface area contributed by atoms with E-state index < -0.39 is 0 Å². The molecule has 0 amide bonds. The van der Waals surface area contributed by atoms with Crippen LogP contribution in [0.4, 0.5) is 0 Å². The van der Waals surface area contributed by atoms with E-state index in [1.54, 1.807) is 6.20 Å². The number of hydrogen-bond donors (Lipinski definition) is 1. The number of hydrogen-bond acceptors (Lipinski definition) is 1. The first-order valence-corrected chi connectivity index (χ1v) is 4.63.